The first-order valence-corrected chi connectivity index (χ1v) is 8.74. The first-order valence-electron chi connectivity index (χ1n) is 7.69. The highest BCUT2D eigenvalue weighted by Gasteiger charge is 2.13. The zero-order valence-corrected chi connectivity index (χ0v) is 14.1. The zero-order valence-electron chi connectivity index (χ0n) is 13.3. The van der Waals surface area contributed by atoms with E-state index in [1.165, 1.54) is 23.9 Å². The van der Waals surface area contributed by atoms with Gasteiger partial charge in [-0.1, -0.05) is 24.3 Å². The Balaban J connectivity index is 1.49. The standard InChI is InChI=1S/C18H18FN3OS/c1-12(18-21-15-4-2-3-5-16(15)22-18)24-11-17(23)20-10-13-6-8-14(19)9-7-13/h2-9,12H,10-11H2,1H3,(H,20,23)(H,21,22). The molecule has 3 aromatic rings. The van der Waals surface area contributed by atoms with Gasteiger partial charge in [0.2, 0.25) is 5.91 Å². The molecule has 0 spiro atoms. The fourth-order valence-electron chi connectivity index (χ4n) is 2.30. The number of imidazole rings is 1. The van der Waals surface area contributed by atoms with E-state index < -0.39 is 0 Å². The molecule has 1 unspecified atom stereocenters. The summed E-state index contributed by atoms with van der Waals surface area (Å²) in [7, 11) is 0. The Morgan fingerprint density at radius 2 is 2.00 bits per heavy atom. The van der Waals surface area contributed by atoms with Crippen molar-refractivity contribution in [2.24, 2.45) is 0 Å². The SMILES string of the molecule is CC(SCC(=O)NCc1ccc(F)cc1)c1nc2ccccc2[nH]1. The third-order valence-electron chi connectivity index (χ3n) is 3.66. The van der Waals surface area contributed by atoms with E-state index >= 15 is 0 Å². The van der Waals surface area contributed by atoms with Gasteiger partial charge < -0.3 is 10.3 Å². The Bertz CT molecular complexity index is 799. The average molecular weight is 343 g/mol. The number of thioether (sulfide) groups is 1. The molecule has 0 aliphatic rings. The van der Waals surface area contributed by atoms with Crippen molar-refractivity contribution in [3.8, 4) is 0 Å². The number of amides is 1. The molecule has 124 valence electrons. The third-order valence-corrected chi connectivity index (χ3v) is 4.81. The van der Waals surface area contributed by atoms with E-state index in [2.05, 4.69) is 15.3 Å². The minimum absolute atomic E-state index is 0.0488. The number of nitrogens with one attached hydrogen (secondary N) is 2. The van der Waals surface area contributed by atoms with Crippen molar-refractivity contribution < 1.29 is 9.18 Å². The number of H-pyrrole nitrogens is 1. The number of halogens is 1. The fourth-order valence-corrected chi connectivity index (χ4v) is 3.07. The summed E-state index contributed by atoms with van der Waals surface area (Å²) in [5.41, 5.74) is 2.81. The highest BCUT2D eigenvalue weighted by atomic mass is 32.2. The van der Waals surface area contributed by atoms with Crippen LogP contribution in [0.25, 0.3) is 11.0 Å². The second kappa shape index (κ2) is 7.49. The van der Waals surface area contributed by atoms with Crippen LogP contribution < -0.4 is 5.32 Å². The molecule has 3 rings (SSSR count). The molecule has 24 heavy (non-hydrogen) atoms. The van der Waals surface area contributed by atoms with Gasteiger partial charge in [-0.15, -0.1) is 11.8 Å². The number of fused-ring (bicyclic) bond motifs is 1. The fraction of sp³-hybridized carbons (Fsp3) is 0.222. The molecule has 1 atom stereocenters. The molecule has 2 N–H and O–H groups in total. The van der Waals surface area contributed by atoms with Crippen molar-refractivity contribution in [3.63, 3.8) is 0 Å². The van der Waals surface area contributed by atoms with Gasteiger partial charge in [-0.2, -0.15) is 0 Å². The van der Waals surface area contributed by atoms with Gasteiger partial charge in [-0.3, -0.25) is 4.79 Å². The lowest BCUT2D eigenvalue weighted by Crippen LogP contribution is -2.24. The van der Waals surface area contributed by atoms with Gasteiger partial charge >= 0.3 is 0 Å². The first-order chi connectivity index (χ1) is 11.6. The number of carbonyl (C=O) groups excluding carboxylic acids is 1. The van der Waals surface area contributed by atoms with Crippen LogP contribution in [0, 0.1) is 5.82 Å². The molecule has 0 aliphatic heterocycles. The van der Waals surface area contributed by atoms with Gasteiger partial charge in [0.05, 0.1) is 22.0 Å². The van der Waals surface area contributed by atoms with Crippen LogP contribution >= 0.6 is 11.8 Å². The van der Waals surface area contributed by atoms with Crippen LogP contribution in [-0.2, 0) is 11.3 Å². The maximum atomic E-state index is 12.8. The van der Waals surface area contributed by atoms with Gasteiger partial charge in [-0.25, -0.2) is 9.37 Å². The second-order valence-electron chi connectivity index (χ2n) is 5.50. The molecule has 1 heterocycles. The minimum Gasteiger partial charge on any atom is -0.351 e. The second-order valence-corrected chi connectivity index (χ2v) is 6.82. The molecule has 0 saturated carbocycles. The van der Waals surface area contributed by atoms with E-state index in [9.17, 15) is 9.18 Å². The lowest BCUT2D eigenvalue weighted by Gasteiger charge is -2.09. The Kier molecular flexibility index (Phi) is 5.15. The zero-order chi connectivity index (χ0) is 16.9. The van der Waals surface area contributed by atoms with Crippen LogP contribution in [0.4, 0.5) is 4.39 Å². The number of rotatable bonds is 6. The van der Waals surface area contributed by atoms with Gasteiger partial charge in [-0.05, 0) is 36.8 Å². The predicted octanol–water partition coefficient (Wildman–Crippen LogP) is 3.81. The normalized spacial score (nSPS) is 12.2. The summed E-state index contributed by atoms with van der Waals surface area (Å²) in [6.07, 6.45) is 0. The molecule has 0 aliphatic carbocycles. The largest absolute Gasteiger partial charge is 0.351 e. The van der Waals surface area contributed by atoms with Gasteiger partial charge in [0.25, 0.3) is 0 Å². The monoisotopic (exact) mass is 343 g/mol. The number of para-hydroxylation sites is 2. The molecule has 0 fully saturated rings. The summed E-state index contributed by atoms with van der Waals surface area (Å²) in [5, 5.41) is 2.93. The summed E-state index contributed by atoms with van der Waals surface area (Å²) in [6.45, 7) is 2.42. The van der Waals surface area contributed by atoms with Crippen LogP contribution in [0.3, 0.4) is 0 Å². The van der Waals surface area contributed by atoms with Gasteiger partial charge in [0.15, 0.2) is 0 Å². The summed E-state index contributed by atoms with van der Waals surface area (Å²) in [6, 6.07) is 14.0. The lowest BCUT2D eigenvalue weighted by molar-refractivity contribution is -0.118. The summed E-state index contributed by atoms with van der Waals surface area (Å²) in [5.74, 6) is 0.888. The molecule has 0 bridgehead atoms. The van der Waals surface area contributed by atoms with Crippen LogP contribution in [0.1, 0.15) is 23.6 Å². The van der Waals surface area contributed by atoms with Crippen LogP contribution in [0.15, 0.2) is 48.5 Å². The summed E-state index contributed by atoms with van der Waals surface area (Å²) >= 11 is 1.52. The third kappa shape index (κ3) is 4.14. The van der Waals surface area contributed by atoms with Crippen molar-refractivity contribution in [2.75, 3.05) is 5.75 Å². The molecule has 4 nitrogen and oxygen atoms in total. The molecule has 0 radical (unpaired) electrons. The lowest BCUT2D eigenvalue weighted by atomic mass is 10.2. The molecule has 1 aromatic heterocycles. The maximum absolute atomic E-state index is 12.8. The average Bonchev–Trinajstić information content (AvgIpc) is 3.03. The Morgan fingerprint density at radius 3 is 2.75 bits per heavy atom. The maximum Gasteiger partial charge on any atom is 0.230 e. The molecule has 1 amide bonds. The number of hydrogen-bond acceptors (Lipinski definition) is 3. The molecular formula is C18H18FN3OS. The predicted molar refractivity (Wildman–Crippen MR) is 95.2 cm³/mol. The van der Waals surface area contributed by atoms with Crippen molar-refractivity contribution in [2.45, 2.75) is 18.7 Å². The van der Waals surface area contributed by atoms with Crippen molar-refractivity contribution in [1.82, 2.24) is 15.3 Å². The molecular weight excluding hydrogens is 325 g/mol. The minimum atomic E-state index is -0.278. The van der Waals surface area contributed by atoms with Gasteiger partial charge in [0, 0.05) is 6.54 Å². The number of hydrogen-bond donors (Lipinski definition) is 2. The van der Waals surface area contributed by atoms with Crippen LogP contribution in [0.2, 0.25) is 0 Å². The Morgan fingerprint density at radius 1 is 1.25 bits per heavy atom. The van der Waals surface area contributed by atoms with Crippen molar-refractivity contribution in [1.29, 1.82) is 0 Å². The molecule has 0 saturated heterocycles. The summed E-state index contributed by atoms with van der Waals surface area (Å²) < 4.78 is 12.8. The van der Waals surface area contributed by atoms with Gasteiger partial charge in [0.1, 0.15) is 11.6 Å². The highest BCUT2D eigenvalue weighted by molar-refractivity contribution is 8.00. The topological polar surface area (TPSA) is 57.8 Å². The molecule has 2 aromatic carbocycles. The summed E-state index contributed by atoms with van der Waals surface area (Å²) in [4.78, 5) is 19.8. The van der Waals surface area contributed by atoms with Crippen molar-refractivity contribution in [3.05, 3.63) is 65.7 Å². The van der Waals surface area contributed by atoms with E-state index in [1.54, 1.807) is 12.1 Å². The van der Waals surface area contributed by atoms with E-state index in [-0.39, 0.29) is 17.0 Å². The molecule has 6 heteroatoms. The van der Waals surface area contributed by atoms with E-state index in [4.69, 9.17) is 0 Å². The first kappa shape index (κ1) is 16.5. The van der Waals surface area contributed by atoms with E-state index in [0.29, 0.717) is 12.3 Å². The van der Waals surface area contributed by atoms with Crippen LogP contribution in [-0.4, -0.2) is 21.6 Å². The van der Waals surface area contributed by atoms with Crippen LogP contribution in [0.5, 0.6) is 0 Å². The Labute approximate surface area is 143 Å². The van der Waals surface area contributed by atoms with E-state index in [1.807, 2.05) is 31.2 Å². The number of aromatic amines is 1. The Hall–Kier alpha value is -2.34. The number of nitrogens with zero attached hydrogens (tertiary/aromatic N) is 1. The number of carbonyl (C=O) groups is 1. The highest BCUT2D eigenvalue weighted by Crippen LogP contribution is 2.27. The van der Waals surface area contributed by atoms with E-state index in [0.717, 1.165) is 22.4 Å². The smallest absolute Gasteiger partial charge is 0.230 e. The quantitative estimate of drug-likeness (QED) is 0.715. The number of aromatic nitrogens is 2. The number of benzene rings is 2. The van der Waals surface area contributed by atoms with Crippen molar-refractivity contribution >= 4 is 28.7 Å².